The monoisotopic (exact) mass is 348 g/mol. The molecule has 1 aliphatic heterocycles. The summed E-state index contributed by atoms with van der Waals surface area (Å²) in [6, 6.07) is 0. The molecule has 138 valence electrons. The lowest BCUT2D eigenvalue weighted by molar-refractivity contribution is -0.262. The fraction of sp³-hybridized carbons (Fsp3) is 0.750. The molecule has 2 saturated carbocycles. The first-order valence-electron chi connectivity index (χ1n) is 9.17. The van der Waals surface area contributed by atoms with Gasteiger partial charge >= 0.3 is 5.97 Å². The van der Waals surface area contributed by atoms with Gasteiger partial charge in [-0.25, -0.2) is 0 Å². The summed E-state index contributed by atoms with van der Waals surface area (Å²) in [5, 5.41) is 34.1. The molecule has 25 heavy (non-hydrogen) atoms. The summed E-state index contributed by atoms with van der Waals surface area (Å²) in [5.41, 5.74) is -3.35. The van der Waals surface area contributed by atoms with Crippen molar-refractivity contribution in [2.45, 2.75) is 70.4 Å². The van der Waals surface area contributed by atoms with Crippen molar-refractivity contribution in [1.29, 1.82) is 0 Å². The van der Waals surface area contributed by atoms with E-state index in [9.17, 15) is 20.1 Å². The second-order valence-electron chi connectivity index (χ2n) is 9.52. The number of aliphatic hydroxyl groups excluding tert-OH is 1. The van der Waals surface area contributed by atoms with Crippen molar-refractivity contribution < 1.29 is 24.9 Å². The lowest BCUT2D eigenvalue weighted by atomic mass is 9.42. The average Bonchev–Trinajstić information content (AvgIpc) is 2.70. The van der Waals surface area contributed by atoms with Crippen LogP contribution >= 0.6 is 0 Å². The van der Waals surface area contributed by atoms with Crippen LogP contribution in [0.15, 0.2) is 24.3 Å². The molecule has 3 aliphatic carbocycles. The van der Waals surface area contributed by atoms with Gasteiger partial charge in [-0.3, -0.25) is 4.79 Å². The van der Waals surface area contributed by atoms with Crippen molar-refractivity contribution in [1.82, 2.24) is 0 Å². The van der Waals surface area contributed by atoms with E-state index in [0.29, 0.717) is 12.0 Å². The van der Waals surface area contributed by atoms with Crippen molar-refractivity contribution in [2.75, 3.05) is 0 Å². The van der Waals surface area contributed by atoms with Crippen molar-refractivity contribution in [3.8, 4) is 0 Å². The van der Waals surface area contributed by atoms with E-state index in [-0.39, 0.29) is 18.3 Å². The van der Waals surface area contributed by atoms with E-state index in [0.717, 1.165) is 12.8 Å². The summed E-state index contributed by atoms with van der Waals surface area (Å²) in [7, 11) is 0. The number of hydrogen-bond acceptors (Lipinski definition) is 5. The lowest BCUT2D eigenvalue weighted by Crippen LogP contribution is -2.71. The molecule has 5 heteroatoms. The molecular formula is C20H28O5. The fourth-order valence-corrected chi connectivity index (χ4v) is 6.54. The number of ether oxygens (including phenoxy) is 1. The van der Waals surface area contributed by atoms with Crippen LogP contribution in [0.1, 0.15) is 52.9 Å². The number of esters is 1. The van der Waals surface area contributed by atoms with Crippen molar-refractivity contribution >= 4 is 5.97 Å². The van der Waals surface area contributed by atoms with Gasteiger partial charge in [0.15, 0.2) is 0 Å². The molecule has 1 saturated heterocycles. The third-order valence-corrected chi connectivity index (χ3v) is 7.45. The molecule has 0 aromatic heterocycles. The highest BCUT2D eigenvalue weighted by molar-refractivity contribution is 5.85. The van der Waals surface area contributed by atoms with Crippen molar-refractivity contribution in [3.63, 3.8) is 0 Å². The van der Waals surface area contributed by atoms with Gasteiger partial charge in [0, 0.05) is 17.8 Å². The third kappa shape index (κ3) is 1.77. The molecule has 6 unspecified atom stereocenters. The molecule has 6 atom stereocenters. The Bertz CT molecular complexity index is 696. The van der Waals surface area contributed by atoms with Gasteiger partial charge in [0.25, 0.3) is 0 Å². The zero-order chi connectivity index (χ0) is 18.5. The van der Waals surface area contributed by atoms with E-state index in [1.165, 1.54) is 0 Å². The fourth-order valence-electron chi connectivity index (χ4n) is 6.54. The molecule has 0 radical (unpaired) electrons. The van der Waals surface area contributed by atoms with Crippen LogP contribution in [0.4, 0.5) is 0 Å². The quantitative estimate of drug-likeness (QED) is 0.499. The van der Waals surface area contributed by atoms with Crippen LogP contribution in [0.5, 0.6) is 0 Å². The van der Waals surface area contributed by atoms with Crippen LogP contribution in [0, 0.1) is 22.2 Å². The molecule has 0 aromatic carbocycles. The predicted octanol–water partition coefficient (Wildman–Crippen LogP) is 2.06. The number of aliphatic hydroxyl groups is 3. The summed E-state index contributed by atoms with van der Waals surface area (Å²) >= 11 is 0. The molecule has 5 nitrogen and oxygen atoms in total. The van der Waals surface area contributed by atoms with E-state index >= 15 is 0 Å². The second-order valence-corrected chi connectivity index (χ2v) is 9.52. The summed E-state index contributed by atoms with van der Waals surface area (Å²) in [4.78, 5) is 13.0. The zero-order valence-corrected chi connectivity index (χ0v) is 15.2. The van der Waals surface area contributed by atoms with E-state index in [1.54, 1.807) is 6.08 Å². The van der Waals surface area contributed by atoms with Crippen LogP contribution in [0.3, 0.4) is 0 Å². The molecule has 2 bridgehead atoms. The molecule has 0 amide bonds. The van der Waals surface area contributed by atoms with Gasteiger partial charge in [-0.15, -0.1) is 6.58 Å². The van der Waals surface area contributed by atoms with Gasteiger partial charge in [-0.2, -0.15) is 0 Å². The van der Waals surface area contributed by atoms with Crippen LogP contribution in [0.2, 0.25) is 0 Å². The normalized spacial score (nSPS) is 53.4. The molecule has 4 rings (SSSR count). The number of allylic oxidation sites excluding steroid dienone is 2. The number of fused-ring (bicyclic) bond motifs is 1. The molecule has 0 spiro atoms. The summed E-state index contributed by atoms with van der Waals surface area (Å²) < 4.78 is 5.53. The van der Waals surface area contributed by atoms with Crippen LogP contribution in [0.25, 0.3) is 0 Å². The first-order chi connectivity index (χ1) is 11.5. The first-order valence-corrected chi connectivity index (χ1v) is 9.17. The Morgan fingerprint density at radius 3 is 2.60 bits per heavy atom. The average molecular weight is 348 g/mol. The Hall–Kier alpha value is -1.17. The Morgan fingerprint density at radius 2 is 1.96 bits per heavy atom. The van der Waals surface area contributed by atoms with Crippen molar-refractivity contribution in [3.05, 3.63) is 24.3 Å². The molecular weight excluding hydrogens is 320 g/mol. The van der Waals surface area contributed by atoms with Gasteiger partial charge < -0.3 is 20.1 Å². The zero-order valence-electron chi connectivity index (χ0n) is 15.2. The topological polar surface area (TPSA) is 87.0 Å². The Morgan fingerprint density at radius 1 is 1.28 bits per heavy atom. The Balaban J connectivity index is 2.00. The number of carbonyl (C=O) groups is 1. The van der Waals surface area contributed by atoms with Crippen LogP contribution < -0.4 is 0 Å². The largest absolute Gasteiger partial charge is 0.432 e. The maximum Gasteiger partial charge on any atom is 0.318 e. The highest BCUT2D eigenvalue weighted by Gasteiger charge is 2.81. The van der Waals surface area contributed by atoms with Gasteiger partial charge in [0.1, 0.15) is 11.0 Å². The minimum absolute atomic E-state index is 0.0333. The standard InChI is InChI=1S/C20H28O5/c1-5-17(4)9-12-10-19(23)14-16(2,3)7-6-8-18(14,15(22)25-19)20(12,24)13(21)11-17/h5,9,13-14,21,23-24H,1,6-8,10-11H2,2-4H3. The number of hydrogen-bond donors (Lipinski definition) is 3. The maximum absolute atomic E-state index is 13.0. The highest BCUT2D eigenvalue weighted by atomic mass is 16.7. The molecule has 3 N–H and O–H groups in total. The second kappa shape index (κ2) is 4.56. The van der Waals surface area contributed by atoms with E-state index in [1.807, 2.05) is 26.8 Å². The predicted molar refractivity (Wildman–Crippen MR) is 91.2 cm³/mol. The first kappa shape index (κ1) is 17.3. The summed E-state index contributed by atoms with van der Waals surface area (Å²) in [5.74, 6) is -2.74. The Kier molecular flexibility index (Phi) is 3.15. The lowest BCUT2D eigenvalue weighted by Gasteiger charge is -2.61. The van der Waals surface area contributed by atoms with Crippen molar-refractivity contribution in [2.24, 2.45) is 22.2 Å². The highest BCUT2D eigenvalue weighted by Crippen LogP contribution is 2.72. The maximum atomic E-state index is 13.0. The van der Waals surface area contributed by atoms with Crippen LogP contribution in [-0.4, -0.2) is 38.8 Å². The van der Waals surface area contributed by atoms with E-state index < -0.39 is 40.2 Å². The minimum Gasteiger partial charge on any atom is -0.432 e. The van der Waals surface area contributed by atoms with Gasteiger partial charge in [-0.05, 0) is 30.3 Å². The number of carbonyl (C=O) groups excluding carboxylic acids is 1. The van der Waals surface area contributed by atoms with Crippen LogP contribution in [-0.2, 0) is 9.53 Å². The summed E-state index contributed by atoms with van der Waals surface area (Å²) in [6.45, 7) is 9.80. The molecule has 3 fully saturated rings. The molecule has 1 heterocycles. The van der Waals surface area contributed by atoms with Gasteiger partial charge in [-0.1, -0.05) is 39.3 Å². The SMILES string of the molecule is C=CC1(C)C=C2CC3(O)OC(=O)C4(CCCC(C)(C)C34)C2(O)C(O)C1. The number of rotatable bonds is 1. The smallest absolute Gasteiger partial charge is 0.318 e. The summed E-state index contributed by atoms with van der Waals surface area (Å²) in [6.07, 6.45) is 4.83. The van der Waals surface area contributed by atoms with Gasteiger partial charge in [0.05, 0.1) is 6.10 Å². The third-order valence-electron chi connectivity index (χ3n) is 7.45. The van der Waals surface area contributed by atoms with Gasteiger partial charge in [0.2, 0.25) is 5.79 Å². The Labute approximate surface area is 148 Å². The molecule has 0 aromatic rings. The van der Waals surface area contributed by atoms with E-state index in [4.69, 9.17) is 4.74 Å². The minimum atomic E-state index is -1.70. The molecule has 4 aliphatic rings. The van der Waals surface area contributed by atoms with E-state index in [2.05, 4.69) is 6.58 Å².